The van der Waals surface area contributed by atoms with Gasteiger partial charge in [0.25, 0.3) is 0 Å². The van der Waals surface area contributed by atoms with Crippen LogP contribution in [0.5, 0.6) is 0 Å². The lowest BCUT2D eigenvalue weighted by Crippen LogP contribution is -2.28. The van der Waals surface area contributed by atoms with Crippen molar-refractivity contribution in [3.8, 4) is 0 Å². The number of benzene rings is 2. The molecule has 1 N–H and O–H groups in total. The molecule has 2 aromatic carbocycles. The van der Waals surface area contributed by atoms with Crippen LogP contribution in [0.1, 0.15) is 17.5 Å². The standard InChI is InChI=1S/C19H18BrClN2O2/c1-11-3-4-12(2)17(7-11)23-10-13(8-18(23)24)19(25)22-16-6-5-14(20)9-15(16)21/h3-7,9,13H,8,10H2,1-2H3,(H,22,25)/t13-/m1/s1. The zero-order chi connectivity index (χ0) is 18.1. The van der Waals surface area contributed by atoms with Gasteiger partial charge in [-0.05, 0) is 49.2 Å². The number of hydrogen-bond donors (Lipinski definition) is 1. The molecule has 3 rings (SSSR count). The molecular formula is C19H18BrClN2O2. The van der Waals surface area contributed by atoms with Crippen molar-refractivity contribution in [1.82, 2.24) is 0 Å². The second-order valence-corrected chi connectivity index (χ2v) is 7.63. The average Bonchev–Trinajstić information content (AvgIpc) is 2.94. The number of nitrogens with one attached hydrogen (secondary N) is 1. The Balaban J connectivity index is 1.75. The van der Waals surface area contributed by atoms with Gasteiger partial charge in [-0.25, -0.2) is 0 Å². The van der Waals surface area contributed by atoms with Gasteiger partial charge in [0.15, 0.2) is 0 Å². The third-order valence-electron chi connectivity index (χ3n) is 4.34. The van der Waals surface area contributed by atoms with Crippen molar-refractivity contribution in [2.75, 3.05) is 16.8 Å². The highest BCUT2D eigenvalue weighted by molar-refractivity contribution is 9.10. The molecule has 1 aliphatic rings. The monoisotopic (exact) mass is 420 g/mol. The maximum atomic E-state index is 12.6. The lowest BCUT2D eigenvalue weighted by Gasteiger charge is -2.19. The molecule has 4 nitrogen and oxygen atoms in total. The van der Waals surface area contributed by atoms with Gasteiger partial charge in [0.05, 0.1) is 16.6 Å². The molecule has 6 heteroatoms. The van der Waals surface area contributed by atoms with Crippen LogP contribution in [0.4, 0.5) is 11.4 Å². The van der Waals surface area contributed by atoms with Gasteiger partial charge in [0.1, 0.15) is 0 Å². The van der Waals surface area contributed by atoms with E-state index in [0.717, 1.165) is 21.3 Å². The lowest BCUT2D eigenvalue weighted by atomic mass is 10.1. The normalized spacial score (nSPS) is 17.0. The van der Waals surface area contributed by atoms with Crippen molar-refractivity contribution in [2.24, 2.45) is 5.92 Å². The van der Waals surface area contributed by atoms with E-state index in [1.807, 2.05) is 38.1 Å². The number of halogens is 2. The first-order chi connectivity index (χ1) is 11.8. The Hall–Kier alpha value is -1.85. The van der Waals surface area contributed by atoms with Crippen LogP contribution in [0, 0.1) is 19.8 Å². The molecule has 0 aliphatic carbocycles. The van der Waals surface area contributed by atoms with Crippen LogP contribution < -0.4 is 10.2 Å². The number of carbonyl (C=O) groups excluding carboxylic acids is 2. The van der Waals surface area contributed by atoms with Crippen molar-refractivity contribution in [3.05, 3.63) is 57.0 Å². The Kier molecular flexibility index (Phi) is 5.16. The smallest absolute Gasteiger partial charge is 0.229 e. The largest absolute Gasteiger partial charge is 0.324 e. The molecule has 0 unspecified atom stereocenters. The number of nitrogens with zero attached hydrogens (tertiary/aromatic N) is 1. The fraction of sp³-hybridized carbons (Fsp3) is 0.263. The Morgan fingerprint density at radius 2 is 2.00 bits per heavy atom. The predicted molar refractivity (Wildman–Crippen MR) is 104 cm³/mol. The Bertz CT molecular complexity index is 853. The zero-order valence-electron chi connectivity index (χ0n) is 14.0. The van der Waals surface area contributed by atoms with Crippen LogP contribution in [0.3, 0.4) is 0 Å². The molecule has 25 heavy (non-hydrogen) atoms. The molecule has 1 aliphatic heterocycles. The first kappa shape index (κ1) is 18.0. The molecule has 130 valence electrons. The Labute approximate surface area is 160 Å². The van der Waals surface area contributed by atoms with Gasteiger partial charge < -0.3 is 10.2 Å². The number of anilines is 2. The molecule has 1 heterocycles. The van der Waals surface area contributed by atoms with E-state index >= 15 is 0 Å². The van der Waals surface area contributed by atoms with E-state index in [1.165, 1.54) is 0 Å². The number of hydrogen-bond acceptors (Lipinski definition) is 2. The SMILES string of the molecule is Cc1ccc(C)c(N2C[C@H](C(=O)Nc3ccc(Br)cc3Cl)CC2=O)c1. The number of amides is 2. The minimum atomic E-state index is -0.396. The van der Waals surface area contributed by atoms with E-state index in [9.17, 15) is 9.59 Å². The molecule has 0 saturated carbocycles. The molecule has 2 amide bonds. The highest BCUT2D eigenvalue weighted by Crippen LogP contribution is 2.31. The maximum absolute atomic E-state index is 12.6. The van der Waals surface area contributed by atoms with E-state index in [-0.39, 0.29) is 18.2 Å². The summed E-state index contributed by atoms with van der Waals surface area (Å²) in [5, 5.41) is 3.28. The molecule has 2 aromatic rings. The van der Waals surface area contributed by atoms with Crippen molar-refractivity contribution in [1.29, 1.82) is 0 Å². The summed E-state index contributed by atoms with van der Waals surface area (Å²) in [7, 11) is 0. The highest BCUT2D eigenvalue weighted by Gasteiger charge is 2.35. The maximum Gasteiger partial charge on any atom is 0.229 e. The van der Waals surface area contributed by atoms with Gasteiger partial charge in [0, 0.05) is 23.1 Å². The summed E-state index contributed by atoms with van der Waals surface area (Å²) >= 11 is 9.48. The molecule has 1 fully saturated rings. The van der Waals surface area contributed by atoms with Gasteiger partial charge >= 0.3 is 0 Å². The minimum Gasteiger partial charge on any atom is -0.324 e. The molecule has 0 bridgehead atoms. The second kappa shape index (κ2) is 7.18. The number of rotatable bonds is 3. The molecule has 0 aromatic heterocycles. The molecular weight excluding hydrogens is 404 g/mol. The summed E-state index contributed by atoms with van der Waals surface area (Å²) in [5.74, 6) is -0.617. The van der Waals surface area contributed by atoms with Crippen LogP contribution >= 0.6 is 27.5 Å². The highest BCUT2D eigenvalue weighted by atomic mass is 79.9. The van der Waals surface area contributed by atoms with Gasteiger partial charge in [-0.15, -0.1) is 0 Å². The average molecular weight is 422 g/mol. The summed E-state index contributed by atoms with van der Waals surface area (Å²) in [6, 6.07) is 11.3. The van der Waals surface area contributed by atoms with E-state index in [2.05, 4.69) is 21.2 Å². The summed E-state index contributed by atoms with van der Waals surface area (Å²) in [5.41, 5.74) is 3.54. The second-order valence-electron chi connectivity index (χ2n) is 6.31. The van der Waals surface area contributed by atoms with Crippen molar-refractivity contribution < 1.29 is 9.59 Å². The van der Waals surface area contributed by atoms with Crippen LogP contribution in [0.15, 0.2) is 40.9 Å². The van der Waals surface area contributed by atoms with E-state index in [4.69, 9.17) is 11.6 Å². The van der Waals surface area contributed by atoms with Crippen molar-refractivity contribution in [2.45, 2.75) is 20.3 Å². The fourth-order valence-electron chi connectivity index (χ4n) is 2.95. The third kappa shape index (κ3) is 3.88. The fourth-order valence-corrected chi connectivity index (χ4v) is 3.67. The molecule has 1 saturated heterocycles. The third-order valence-corrected chi connectivity index (χ3v) is 5.15. The van der Waals surface area contributed by atoms with Crippen molar-refractivity contribution in [3.63, 3.8) is 0 Å². The van der Waals surface area contributed by atoms with E-state index in [0.29, 0.717) is 17.3 Å². The zero-order valence-corrected chi connectivity index (χ0v) is 16.3. The number of aryl methyl sites for hydroxylation is 2. The summed E-state index contributed by atoms with van der Waals surface area (Å²) in [6.07, 6.45) is 0.202. The molecule has 0 spiro atoms. The van der Waals surface area contributed by atoms with Crippen LogP contribution in [0.25, 0.3) is 0 Å². The van der Waals surface area contributed by atoms with Gasteiger partial charge in [-0.2, -0.15) is 0 Å². The first-order valence-electron chi connectivity index (χ1n) is 7.98. The topological polar surface area (TPSA) is 49.4 Å². The van der Waals surface area contributed by atoms with E-state index < -0.39 is 5.92 Å². The first-order valence-corrected chi connectivity index (χ1v) is 9.16. The molecule has 1 atom stereocenters. The number of carbonyl (C=O) groups is 2. The van der Waals surface area contributed by atoms with Crippen molar-refractivity contribution >= 4 is 50.7 Å². The molecule has 0 radical (unpaired) electrons. The minimum absolute atomic E-state index is 0.0317. The van der Waals surface area contributed by atoms with Crippen LogP contribution in [-0.2, 0) is 9.59 Å². The quantitative estimate of drug-likeness (QED) is 0.780. The van der Waals surface area contributed by atoms with Crippen LogP contribution in [0.2, 0.25) is 5.02 Å². The van der Waals surface area contributed by atoms with Gasteiger partial charge in [0.2, 0.25) is 11.8 Å². The van der Waals surface area contributed by atoms with E-state index in [1.54, 1.807) is 17.0 Å². The van der Waals surface area contributed by atoms with Gasteiger partial charge in [-0.3, -0.25) is 9.59 Å². The summed E-state index contributed by atoms with van der Waals surface area (Å²) < 4.78 is 0.840. The Morgan fingerprint density at radius 3 is 2.72 bits per heavy atom. The predicted octanol–water partition coefficient (Wildman–Crippen LogP) is 4.71. The Morgan fingerprint density at radius 1 is 1.24 bits per heavy atom. The van der Waals surface area contributed by atoms with Crippen LogP contribution in [-0.4, -0.2) is 18.4 Å². The summed E-state index contributed by atoms with van der Waals surface area (Å²) in [6.45, 7) is 4.34. The summed E-state index contributed by atoms with van der Waals surface area (Å²) in [4.78, 5) is 26.7. The van der Waals surface area contributed by atoms with Gasteiger partial charge in [-0.1, -0.05) is 39.7 Å². The lowest BCUT2D eigenvalue weighted by molar-refractivity contribution is -0.122.